The first-order valence-electron chi connectivity index (χ1n) is 7.78. The minimum Gasteiger partial charge on any atom is -0.494 e. The van der Waals surface area contributed by atoms with Crippen LogP contribution >= 0.6 is 12.2 Å². The number of nitro groups is 1. The molecule has 1 heterocycles. The molecule has 26 heavy (non-hydrogen) atoms. The largest absolute Gasteiger partial charge is 0.494 e. The van der Waals surface area contributed by atoms with Crippen molar-refractivity contribution in [1.82, 2.24) is 14.9 Å². The van der Waals surface area contributed by atoms with Gasteiger partial charge in [0.15, 0.2) is 5.82 Å². The predicted octanol–water partition coefficient (Wildman–Crippen LogP) is 3.80. The van der Waals surface area contributed by atoms with Gasteiger partial charge in [0.25, 0.3) is 5.69 Å². The summed E-state index contributed by atoms with van der Waals surface area (Å²) in [5, 5.41) is 22.0. The average molecular weight is 369 g/mol. The topological polar surface area (TPSA) is 98.3 Å². The standard InChI is InChI=1S/C17H15N5O3S/c1-2-25-15-5-3-4-13(10-15)16-19-20-17(26)21(16)18-11-12-6-8-14(9-7-12)22(23)24/h3-11H,2H2,1H3,(H,20,26)/b18-11+. The summed E-state index contributed by atoms with van der Waals surface area (Å²) in [5.41, 5.74) is 1.52. The summed E-state index contributed by atoms with van der Waals surface area (Å²) in [6.45, 7) is 2.48. The highest BCUT2D eigenvalue weighted by atomic mass is 32.1. The smallest absolute Gasteiger partial charge is 0.269 e. The van der Waals surface area contributed by atoms with Crippen LogP contribution in [0, 0.1) is 14.9 Å². The second-order valence-electron chi connectivity index (χ2n) is 5.22. The van der Waals surface area contributed by atoms with E-state index in [9.17, 15) is 10.1 Å². The van der Waals surface area contributed by atoms with E-state index in [1.54, 1.807) is 18.3 Å². The maximum Gasteiger partial charge on any atom is 0.269 e. The molecule has 0 aliphatic carbocycles. The molecular weight excluding hydrogens is 354 g/mol. The van der Waals surface area contributed by atoms with E-state index in [0.717, 1.165) is 11.3 Å². The Balaban J connectivity index is 1.92. The summed E-state index contributed by atoms with van der Waals surface area (Å²) in [6.07, 6.45) is 1.56. The number of nitrogens with one attached hydrogen (secondary N) is 1. The minimum absolute atomic E-state index is 0.0236. The molecule has 132 valence electrons. The van der Waals surface area contributed by atoms with Crippen molar-refractivity contribution >= 4 is 24.1 Å². The predicted molar refractivity (Wildman–Crippen MR) is 100 cm³/mol. The zero-order valence-corrected chi connectivity index (χ0v) is 14.6. The molecule has 0 bridgehead atoms. The quantitative estimate of drug-likeness (QED) is 0.308. The van der Waals surface area contributed by atoms with Crippen molar-refractivity contribution in [3.8, 4) is 17.1 Å². The Labute approximate surface area is 153 Å². The van der Waals surface area contributed by atoms with Crippen LogP contribution in [-0.2, 0) is 0 Å². The van der Waals surface area contributed by atoms with Gasteiger partial charge < -0.3 is 4.74 Å². The fourth-order valence-electron chi connectivity index (χ4n) is 2.28. The third-order valence-corrected chi connectivity index (χ3v) is 3.74. The molecule has 2 aromatic carbocycles. The molecule has 8 nitrogen and oxygen atoms in total. The first-order chi connectivity index (χ1) is 12.6. The first kappa shape index (κ1) is 17.5. The first-order valence-corrected chi connectivity index (χ1v) is 8.19. The van der Waals surface area contributed by atoms with Crippen LogP contribution in [-0.4, -0.2) is 32.6 Å². The number of rotatable bonds is 6. The summed E-state index contributed by atoms with van der Waals surface area (Å²) in [4.78, 5) is 10.3. The van der Waals surface area contributed by atoms with Gasteiger partial charge >= 0.3 is 0 Å². The fraction of sp³-hybridized carbons (Fsp3) is 0.118. The van der Waals surface area contributed by atoms with Gasteiger partial charge in [0.1, 0.15) is 5.75 Å². The Hall–Kier alpha value is -3.33. The van der Waals surface area contributed by atoms with E-state index < -0.39 is 4.92 Å². The number of aromatic amines is 1. The molecule has 0 unspecified atom stereocenters. The van der Waals surface area contributed by atoms with E-state index in [1.807, 2.05) is 31.2 Å². The lowest BCUT2D eigenvalue weighted by atomic mass is 10.2. The third-order valence-electron chi connectivity index (χ3n) is 3.48. The highest BCUT2D eigenvalue weighted by Crippen LogP contribution is 2.22. The van der Waals surface area contributed by atoms with E-state index in [-0.39, 0.29) is 5.69 Å². The summed E-state index contributed by atoms with van der Waals surface area (Å²) < 4.78 is 7.33. The van der Waals surface area contributed by atoms with Gasteiger partial charge in [0.2, 0.25) is 4.77 Å². The molecule has 0 aliphatic rings. The van der Waals surface area contributed by atoms with Crippen molar-refractivity contribution in [3.05, 3.63) is 69.0 Å². The van der Waals surface area contributed by atoms with Crippen molar-refractivity contribution in [3.63, 3.8) is 0 Å². The van der Waals surface area contributed by atoms with Crippen molar-refractivity contribution in [2.24, 2.45) is 5.10 Å². The van der Waals surface area contributed by atoms with Gasteiger partial charge in [-0.1, -0.05) is 12.1 Å². The Bertz CT molecular complexity index is 1010. The molecule has 1 aromatic heterocycles. The normalized spacial score (nSPS) is 11.0. The number of non-ortho nitro benzene ring substituents is 1. The number of aromatic nitrogens is 3. The Morgan fingerprint density at radius 2 is 2.12 bits per heavy atom. The summed E-state index contributed by atoms with van der Waals surface area (Å²) in [7, 11) is 0. The van der Waals surface area contributed by atoms with Gasteiger partial charge in [-0.15, -0.1) is 0 Å². The number of ether oxygens (including phenoxy) is 1. The molecule has 3 aromatic rings. The summed E-state index contributed by atoms with van der Waals surface area (Å²) in [6, 6.07) is 13.5. The molecule has 0 spiro atoms. The summed E-state index contributed by atoms with van der Waals surface area (Å²) >= 11 is 5.24. The van der Waals surface area contributed by atoms with Crippen LogP contribution in [0.1, 0.15) is 12.5 Å². The Morgan fingerprint density at radius 3 is 2.81 bits per heavy atom. The number of benzene rings is 2. The minimum atomic E-state index is -0.448. The highest BCUT2D eigenvalue weighted by molar-refractivity contribution is 7.71. The number of nitro benzene ring substituents is 1. The second kappa shape index (κ2) is 7.70. The van der Waals surface area contributed by atoms with Crippen LogP contribution in [0.15, 0.2) is 53.6 Å². The van der Waals surface area contributed by atoms with Crippen LogP contribution in [0.2, 0.25) is 0 Å². The average Bonchev–Trinajstić information content (AvgIpc) is 3.01. The Kier molecular flexibility index (Phi) is 5.18. The van der Waals surface area contributed by atoms with E-state index in [0.29, 0.717) is 22.8 Å². The maximum atomic E-state index is 10.7. The lowest BCUT2D eigenvalue weighted by molar-refractivity contribution is -0.384. The van der Waals surface area contributed by atoms with Crippen LogP contribution in [0.3, 0.4) is 0 Å². The number of nitrogens with zero attached hydrogens (tertiary/aromatic N) is 4. The SMILES string of the molecule is CCOc1cccc(-c2n[nH]c(=S)n2/N=C/c2ccc([N+](=O)[O-])cc2)c1. The van der Waals surface area contributed by atoms with Crippen molar-refractivity contribution < 1.29 is 9.66 Å². The lowest BCUT2D eigenvalue weighted by Gasteiger charge is -2.05. The van der Waals surface area contributed by atoms with Crippen LogP contribution < -0.4 is 4.74 Å². The fourth-order valence-corrected chi connectivity index (χ4v) is 2.46. The van der Waals surface area contributed by atoms with Crippen molar-refractivity contribution in [1.29, 1.82) is 0 Å². The molecule has 0 radical (unpaired) electrons. The van der Waals surface area contributed by atoms with E-state index in [2.05, 4.69) is 15.3 Å². The zero-order valence-electron chi connectivity index (χ0n) is 13.8. The third kappa shape index (κ3) is 3.83. The maximum absolute atomic E-state index is 10.7. The molecule has 0 aliphatic heterocycles. The molecule has 0 amide bonds. The molecule has 0 saturated heterocycles. The zero-order chi connectivity index (χ0) is 18.5. The van der Waals surface area contributed by atoms with E-state index >= 15 is 0 Å². The van der Waals surface area contributed by atoms with E-state index in [4.69, 9.17) is 17.0 Å². The molecule has 0 saturated carbocycles. The van der Waals surface area contributed by atoms with Gasteiger partial charge in [0, 0.05) is 17.7 Å². The molecule has 0 atom stereocenters. The second-order valence-corrected chi connectivity index (χ2v) is 5.60. The van der Waals surface area contributed by atoms with Crippen LogP contribution in [0.5, 0.6) is 5.75 Å². The molecule has 3 rings (SSSR count). The van der Waals surface area contributed by atoms with Crippen LogP contribution in [0.25, 0.3) is 11.4 Å². The monoisotopic (exact) mass is 369 g/mol. The molecular formula is C17H15N5O3S. The number of hydrogen-bond acceptors (Lipinski definition) is 6. The molecule has 9 heteroatoms. The van der Waals surface area contributed by atoms with Gasteiger partial charge in [-0.25, -0.2) is 5.10 Å². The number of hydrogen-bond donors (Lipinski definition) is 1. The van der Waals surface area contributed by atoms with Crippen molar-refractivity contribution in [2.45, 2.75) is 6.92 Å². The van der Waals surface area contributed by atoms with Gasteiger partial charge in [0.05, 0.1) is 17.7 Å². The van der Waals surface area contributed by atoms with Crippen molar-refractivity contribution in [2.75, 3.05) is 6.61 Å². The molecule has 1 N–H and O–H groups in total. The van der Waals surface area contributed by atoms with Gasteiger partial charge in [-0.05, 0) is 49.0 Å². The Morgan fingerprint density at radius 1 is 1.35 bits per heavy atom. The summed E-state index contributed by atoms with van der Waals surface area (Å²) in [5.74, 6) is 1.26. The number of H-pyrrole nitrogens is 1. The van der Waals surface area contributed by atoms with Crippen LogP contribution in [0.4, 0.5) is 5.69 Å². The molecule has 0 fully saturated rings. The lowest BCUT2D eigenvalue weighted by Crippen LogP contribution is -1.96. The van der Waals surface area contributed by atoms with Gasteiger partial charge in [-0.3, -0.25) is 10.1 Å². The van der Waals surface area contributed by atoms with E-state index in [1.165, 1.54) is 16.8 Å². The van der Waals surface area contributed by atoms with Gasteiger partial charge in [-0.2, -0.15) is 14.9 Å². The highest BCUT2D eigenvalue weighted by Gasteiger charge is 2.09.